The molecule has 0 N–H and O–H groups in total. The molecule has 0 aliphatic carbocycles. The highest BCUT2D eigenvalue weighted by Crippen LogP contribution is 2.30. The maximum atomic E-state index is 12.2. The summed E-state index contributed by atoms with van der Waals surface area (Å²) in [6, 6.07) is 7.58. The Labute approximate surface area is 150 Å². The fourth-order valence-corrected chi connectivity index (χ4v) is 3.57. The minimum Gasteiger partial charge on any atom is -0.465 e. The number of oxime groups is 1. The van der Waals surface area contributed by atoms with E-state index in [4.69, 9.17) is 9.57 Å². The highest BCUT2D eigenvalue weighted by atomic mass is 79.9. The molecule has 1 aliphatic heterocycles. The van der Waals surface area contributed by atoms with Gasteiger partial charge in [-0.05, 0) is 31.5 Å². The summed E-state index contributed by atoms with van der Waals surface area (Å²) < 4.78 is 28.5. The van der Waals surface area contributed by atoms with Crippen molar-refractivity contribution in [2.45, 2.75) is 37.5 Å². The van der Waals surface area contributed by atoms with E-state index in [1.807, 2.05) is 24.3 Å². The lowest BCUT2D eigenvalue weighted by molar-refractivity contribution is -0.146. The van der Waals surface area contributed by atoms with E-state index in [2.05, 4.69) is 21.1 Å². The van der Waals surface area contributed by atoms with Gasteiger partial charge < -0.3 is 9.57 Å². The van der Waals surface area contributed by atoms with Crippen LogP contribution in [-0.2, 0) is 24.2 Å². The second kappa shape index (κ2) is 7.23. The van der Waals surface area contributed by atoms with Crippen LogP contribution in [0.4, 0.5) is 0 Å². The topological polar surface area (TPSA) is 82.0 Å². The molecule has 2 rings (SSSR count). The third kappa shape index (κ3) is 3.97. The van der Waals surface area contributed by atoms with Crippen molar-refractivity contribution in [1.82, 2.24) is 0 Å². The average Bonchev–Trinajstić information content (AvgIpc) is 2.95. The molecule has 6 nitrogen and oxygen atoms in total. The molecule has 1 heterocycles. The monoisotopic (exact) mass is 417 g/mol. The van der Waals surface area contributed by atoms with Gasteiger partial charge in [0.1, 0.15) is 6.10 Å². The number of rotatable bonds is 6. The van der Waals surface area contributed by atoms with Gasteiger partial charge in [0.2, 0.25) is 0 Å². The van der Waals surface area contributed by atoms with Crippen molar-refractivity contribution in [3.05, 3.63) is 34.3 Å². The molecule has 1 aromatic rings. The summed E-state index contributed by atoms with van der Waals surface area (Å²) in [6.45, 7) is 3.14. The molecule has 2 atom stereocenters. The Balaban J connectivity index is 2.13. The Bertz CT molecular complexity index is 744. The number of sulfone groups is 1. The van der Waals surface area contributed by atoms with Crippen molar-refractivity contribution in [3.63, 3.8) is 0 Å². The van der Waals surface area contributed by atoms with Crippen LogP contribution in [0.15, 0.2) is 33.9 Å². The molecular formula is C16H20BrNO5S. The third-order valence-electron chi connectivity index (χ3n) is 4.05. The van der Waals surface area contributed by atoms with Gasteiger partial charge >= 0.3 is 5.97 Å². The van der Waals surface area contributed by atoms with Gasteiger partial charge in [0.05, 0.1) is 12.3 Å². The smallest absolute Gasteiger partial charge is 0.327 e. The van der Waals surface area contributed by atoms with Crippen LogP contribution in [-0.4, -0.2) is 43.8 Å². The van der Waals surface area contributed by atoms with E-state index in [1.54, 1.807) is 6.92 Å². The lowest BCUT2D eigenvalue weighted by atomic mass is 9.97. The van der Waals surface area contributed by atoms with Crippen LogP contribution in [0, 0.1) is 0 Å². The first kappa shape index (κ1) is 18.9. The van der Waals surface area contributed by atoms with E-state index in [-0.39, 0.29) is 13.0 Å². The molecule has 1 aliphatic rings. The second-order valence-corrected chi connectivity index (χ2v) is 9.27. The summed E-state index contributed by atoms with van der Waals surface area (Å²) in [5, 5.41) is 4.04. The summed E-state index contributed by atoms with van der Waals surface area (Å²) >= 11 is 3.37. The molecule has 0 saturated heterocycles. The highest BCUT2D eigenvalue weighted by Gasteiger charge is 2.48. The number of esters is 1. The van der Waals surface area contributed by atoms with Crippen LogP contribution in [0.3, 0.4) is 0 Å². The van der Waals surface area contributed by atoms with Crippen LogP contribution in [0.5, 0.6) is 0 Å². The fraction of sp³-hybridized carbons (Fsp3) is 0.500. The van der Waals surface area contributed by atoms with E-state index >= 15 is 0 Å². The van der Waals surface area contributed by atoms with Crippen molar-refractivity contribution in [2.75, 3.05) is 12.9 Å². The molecule has 0 saturated carbocycles. The Hall–Kier alpha value is -1.41. The van der Waals surface area contributed by atoms with Crippen molar-refractivity contribution in [1.29, 1.82) is 0 Å². The number of hydrogen-bond acceptors (Lipinski definition) is 6. The van der Waals surface area contributed by atoms with Gasteiger partial charge in [-0.3, -0.25) is 4.79 Å². The van der Waals surface area contributed by atoms with E-state index in [0.29, 0.717) is 6.42 Å². The zero-order chi connectivity index (χ0) is 18.0. The summed E-state index contributed by atoms with van der Waals surface area (Å²) in [5.41, 5.74) is 1.63. The molecule has 1 aromatic carbocycles. The van der Waals surface area contributed by atoms with Gasteiger partial charge in [-0.2, -0.15) is 0 Å². The van der Waals surface area contributed by atoms with Crippen molar-refractivity contribution in [3.8, 4) is 0 Å². The van der Waals surface area contributed by atoms with Crippen LogP contribution < -0.4 is 0 Å². The quantitative estimate of drug-likeness (QED) is 0.664. The minimum atomic E-state index is -3.67. The number of carbonyl (C=O) groups excluding carboxylic acids is 1. The molecule has 0 aromatic heterocycles. The lowest BCUT2D eigenvalue weighted by Crippen LogP contribution is -2.47. The van der Waals surface area contributed by atoms with Gasteiger partial charge in [0, 0.05) is 23.6 Å². The van der Waals surface area contributed by atoms with Gasteiger partial charge in [-0.25, -0.2) is 8.42 Å². The maximum Gasteiger partial charge on any atom is 0.327 e. The summed E-state index contributed by atoms with van der Waals surface area (Å²) in [4.78, 5) is 17.6. The van der Waals surface area contributed by atoms with Crippen molar-refractivity contribution < 1.29 is 22.8 Å². The van der Waals surface area contributed by atoms with Gasteiger partial charge in [-0.1, -0.05) is 33.2 Å². The zero-order valence-corrected chi connectivity index (χ0v) is 16.2. The first-order chi connectivity index (χ1) is 11.2. The predicted molar refractivity (Wildman–Crippen MR) is 94.7 cm³/mol. The van der Waals surface area contributed by atoms with Crippen molar-refractivity contribution >= 4 is 37.4 Å². The number of benzene rings is 1. The molecule has 0 radical (unpaired) electrons. The van der Waals surface area contributed by atoms with Crippen LogP contribution in [0.2, 0.25) is 0 Å². The number of hydrogen-bond donors (Lipinski definition) is 0. The first-order valence-electron chi connectivity index (χ1n) is 7.53. The predicted octanol–water partition coefficient (Wildman–Crippen LogP) is 2.70. The zero-order valence-electron chi connectivity index (χ0n) is 13.8. The standard InChI is InChI=1S/C16H20BrNO5S/c1-4-22-15(19)16(2,24(3,20)21)10-13-9-14(18-23-13)11-5-7-12(17)8-6-11/h5-8,13H,4,9-10H2,1-3H3/t13?,16-/m1/s1. The van der Waals surface area contributed by atoms with Crippen LogP contribution in [0.25, 0.3) is 0 Å². The molecule has 132 valence electrons. The van der Waals surface area contributed by atoms with E-state index in [9.17, 15) is 13.2 Å². The molecule has 0 amide bonds. The van der Waals surface area contributed by atoms with Gasteiger partial charge in [0.15, 0.2) is 14.6 Å². The molecule has 0 fully saturated rings. The van der Waals surface area contributed by atoms with Gasteiger partial charge in [-0.15, -0.1) is 0 Å². The number of ether oxygens (including phenoxy) is 1. The summed E-state index contributed by atoms with van der Waals surface area (Å²) in [6.07, 6.45) is 0.975. The average molecular weight is 418 g/mol. The molecule has 1 unspecified atom stereocenters. The van der Waals surface area contributed by atoms with E-state index < -0.39 is 26.7 Å². The third-order valence-corrected chi connectivity index (χ3v) is 6.55. The highest BCUT2D eigenvalue weighted by molar-refractivity contribution is 9.10. The van der Waals surface area contributed by atoms with E-state index in [1.165, 1.54) is 6.92 Å². The minimum absolute atomic E-state index is 0.00576. The Kier molecular flexibility index (Phi) is 5.70. The largest absolute Gasteiger partial charge is 0.465 e. The Morgan fingerprint density at radius 1 is 1.42 bits per heavy atom. The molecule has 0 bridgehead atoms. The Morgan fingerprint density at radius 3 is 2.58 bits per heavy atom. The number of halogens is 1. The normalized spacial score (nSPS) is 20.0. The van der Waals surface area contributed by atoms with Crippen LogP contribution in [0.1, 0.15) is 32.3 Å². The van der Waals surface area contributed by atoms with E-state index in [0.717, 1.165) is 22.0 Å². The lowest BCUT2D eigenvalue weighted by Gasteiger charge is -2.27. The molecular weight excluding hydrogens is 398 g/mol. The number of carbonyl (C=O) groups is 1. The Morgan fingerprint density at radius 2 is 2.04 bits per heavy atom. The number of nitrogens with zero attached hydrogens (tertiary/aromatic N) is 1. The van der Waals surface area contributed by atoms with Crippen molar-refractivity contribution in [2.24, 2.45) is 5.16 Å². The fourth-order valence-electron chi connectivity index (χ4n) is 2.45. The molecule has 0 spiro atoms. The summed E-state index contributed by atoms with van der Waals surface area (Å²) in [7, 11) is -3.67. The molecule has 8 heteroatoms. The first-order valence-corrected chi connectivity index (χ1v) is 10.2. The SMILES string of the molecule is CCOC(=O)[C@@](C)(CC1CC(c2ccc(Br)cc2)=NO1)S(C)(=O)=O. The second-order valence-electron chi connectivity index (χ2n) is 5.90. The van der Waals surface area contributed by atoms with Gasteiger partial charge in [0.25, 0.3) is 0 Å². The maximum absolute atomic E-state index is 12.2. The van der Waals surface area contributed by atoms with Crippen LogP contribution >= 0.6 is 15.9 Å². The molecule has 24 heavy (non-hydrogen) atoms. The summed E-state index contributed by atoms with van der Waals surface area (Å²) in [5.74, 6) is -0.756.